The van der Waals surface area contributed by atoms with Crippen LogP contribution in [0.15, 0.2) is 0 Å². The van der Waals surface area contributed by atoms with Crippen LogP contribution >= 0.6 is 0 Å². The normalized spacial score (nSPS) is 11.6. The largest absolute Gasteiger partial charge is 0.402 e. The molecule has 0 spiro atoms. The van der Waals surface area contributed by atoms with Gasteiger partial charge in [-0.1, -0.05) is 71.1 Å². The van der Waals surface area contributed by atoms with E-state index in [-0.39, 0.29) is 0 Å². The summed E-state index contributed by atoms with van der Waals surface area (Å²) in [5.74, 6) is 0. The Morgan fingerprint density at radius 1 is 0.706 bits per heavy atom. The van der Waals surface area contributed by atoms with Crippen LogP contribution in [-0.4, -0.2) is 23.7 Å². The Hall–Kier alpha value is 0.137. The van der Waals surface area contributed by atoms with E-state index in [1.165, 1.54) is 70.6 Å². The molecule has 0 saturated heterocycles. The summed E-state index contributed by atoms with van der Waals surface area (Å²) in [5.41, 5.74) is 0. The van der Waals surface area contributed by atoms with Crippen LogP contribution in [0.25, 0.3) is 0 Å². The van der Waals surface area contributed by atoms with Crippen molar-refractivity contribution >= 4 is 10.0 Å². The van der Waals surface area contributed by atoms with Crippen LogP contribution in [0.1, 0.15) is 77.6 Å². The Bertz CT molecular complexity index is 117. The zero-order chi connectivity index (χ0) is 12.6. The van der Waals surface area contributed by atoms with E-state index in [1.54, 1.807) is 7.11 Å². The maximum atomic E-state index is 5.38. The van der Waals surface area contributed by atoms with Crippen molar-refractivity contribution in [2.24, 2.45) is 0 Å². The third-order valence-electron chi connectivity index (χ3n) is 3.09. The molecule has 0 aliphatic rings. The minimum absolute atomic E-state index is 0.636. The molecule has 104 valence electrons. The van der Waals surface area contributed by atoms with Crippen LogP contribution in [0, 0.1) is 0 Å². The Balaban J connectivity index is 2.85. The van der Waals surface area contributed by atoms with Crippen molar-refractivity contribution in [3.05, 3.63) is 0 Å². The van der Waals surface area contributed by atoms with Crippen molar-refractivity contribution in [1.82, 2.24) is 0 Å². The maximum Gasteiger partial charge on any atom is 0.304 e. The highest BCUT2D eigenvalue weighted by atomic mass is 28.3. The maximum absolute atomic E-state index is 5.38. The quantitative estimate of drug-likeness (QED) is 0.348. The fourth-order valence-corrected chi connectivity index (χ4v) is 2.50. The smallest absolute Gasteiger partial charge is 0.304 e. The van der Waals surface area contributed by atoms with Crippen molar-refractivity contribution in [1.29, 1.82) is 0 Å². The average molecular weight is 260 g/mol. The molecule has 0 aliphatic carbocycles. The highest BCUT2D eigenvalue weighted by Gasteiger charge is 1.93. The van der Waals surface area contributed by atoms with E-state index in [2.05, 4.69) is 6.92 Å². The van der Waals surface area contributed by atoms with E-state index in [1.807, 2.05) is 0 Å². The molecule has 2 nitrogen and oxygen atoms in total. The number of unbranched alkanes of at least 4 members (excludes halogenated alkanes) is 10. The molecule has 0 radical (unpaired) electrons. The summed E-state index contributed by atoms with van der Waals surface area (Å²) in [6.45, 7) is 3.19. The molecule has 0 N–H and O–H groups in total. The summed E-state index contributed by atoms with van der Waals surface area (Å²) in [5, 5.41) is 0. The van der Waals surface area contributed by atoms with Gasteiger partial charge < -0.3 is 8.85 Å². The van der Waals surface area contributed by atoms with Crippen LogP contribution in [0.3, 0.4) is 0 Å². The summed E-state index contributed by atoms with van der Waals surface area (Å²) < 4.78 is 10.3. The van der Waals surface area contributed by atoms with E-state index >= 15 is 0 Å². The second-order valence-electron chi connectivity index (χ2n) is 4.85. The molecule has 0 aromatic heterocycles. The minimum Gasteiger partial charge on any atom is -0.402 e. The molecule has 0 amide bonds. The van der Waals surface area contributed by atoms with E-state index in [9.17, 15) is 0 Å². The van der Waals surface area contributed by atoms with Gasteiger partial charge in [0, 0.05) is 13.7 Å². The molecule has 0 fully saturated rings. The van der Waals surface area contributed by atoms with Gasteiger partial charge in [-0.25, -0.2) is 0 Å². The SMILES string of the molecule is CCCCCCCCCCCCCO[SiH2]OC. The Kier molecular flexibility index (Phi) is 16.3. The fourth-order valence-electron chi connectivity index (χ4n) is 2.01. The zero-order valence-corrected chi connectivity index (χ0v) is 13.4. The van der Waals surface area contributed by atoms with Gasteiger partial charge in [-0.2, -0.15) is 0 Å². The van der Waals surface area contributed by atoms with Crippen LogP contribution in [0.4, 0.5) is 0 Å². The highest BCUT2D eigenvalue weighted by Crippen LogP contribution is 2.11. The predicted molar refractivity (Wildman–Crippen MR) is 78.0 cm³/mol. The molecular weight excluding hydrogens is 228 g/mol. The van der Waals surface area contributed by atoms with E-state index in [0.717, 1.165) is 6.61 Å². The Labute approximate surface area is 111 Å². The van der Waals surface area contributed by atoms with Crippen LogP contribution in [0.5, 0.6) is 0 Å². The van der Waals surface area contributed by atoms with Gasteiger partial charge in [-0.05, 0) is 6.42 Å². The third-order valence-corrected chi connectivity index (χ3v) is 3.78. The monoisotopic (exact) mass is 260 g/mol. The second kappa shape index (κ2) is 16.1. The average Bonchev–Trinajstić information content (AvgIpc) is 2.35. The van der Waals surface area contributed by atoms with Crippen LogP contribution < -0.4 is 0 Å². The summed E-state index contributed by atoms with van der Waals surface area (Å²) in [7, 11) is 1.09. The third kappa shape index (κ3) is 16.1. The molecular formula is C14H32O2Si. The molecule has 0 atom stereocenters. The van der Waals surface area contributed by atoms with Gasteiger partial charge in [-0.3, -0.25) is 0 Å². The van der Waals surface area contributed by atoms with Crippen molar-refractivity contribution in [2.45, 2.75) is 77.6 Å². The van der Waals surface area contributed by atoms with E-state index < -0.39 is 10.0 Å². The number of hydrogen-bond donors (Lipinski definition) is 0. The fraction of sp³-hybridized carbons (Fsp3) is 1.00. The number of rotatable bonds is 14. The first-order chi connectivity index (χ1) is 8.41. The molecule has 0 aromatic rings. The van der Waals surface area contributed by atoms with Crippen molar-refractivity contribution in [3.8, 4) is 0 Å². The summed E-state index contributed by atoms with van der Waals surface area (Å²) in [4.78, 5) is 0. The highest BCUT2D eigenvalue weighted by molar-refractivity contribution is 6.17. The van der Waals surface area contributed by atoms with Gasteiger partial charge in [-0.15, -0.1) is 0 Å². The van der Waals surface area contributed by atoms with Crippen molar-refractivity contribution in [3.63, 3.8) is 0 Å². The van der Waals surface area contributed by atoms with Crippen LogP contribution in [0.2, 0.25) is 0 Å². The van der Waals surface area contributed by atoms with Gasteiger partial charge in [0.15, 0.2) is 0 Å². The van der Waals surface area contributed by atoms with Gasteiger partial charge >= 0.3 is 10.0 Å². The molecule has 0 bridgehead atoms. The lowest BCUT2D eigenvalue weighted by atomic mass is 10.1. The molecule has 0 rings (SSSR count). The zero-order valence-electron chi connectivity index (χ0n) is 12.0. The summed E-state index contributed by atoms with van der Waals surface area (Å²) in [6, 6.07) is 0. The molecule has 0 heterocycles. The standard InChI is InChI=1S/C14H32O2Si/c1-3-4-5-6-7-8-9-10-11-12-13-14-16-17-15-2/h3-14,17H2,1-2H3. The molecule has 3 heteroatoms. The van der Waals surface area contributed by atoms with Gasteiger partial charge in [0.1, 0.15) is 0 Å². The molecule has 0 saturated carbocycles. The molecule has 0 aliphatic heterocycles. The van der Waals surface area contributed by atoms with Gasteiger partial charge in [0.2, 0.25) is 0 Å². The molecule has 0 unspecified atom stereocenters. The molecule has 0 aromatic carbocycles. The minimum atomic E-state index is -0.636. The summed E-state index contributed by atoms with van der Waals surface area (Å²) in [6.07, 6.45) is 15.3. The van der Waals surface area contributed by atoms with E-state index in [4.69, 9.17) is 8.85 Å². The van der Waals surface area contributed by atoms with Gasteiger partial charge in [0.05, 0.1) is 0 Å². The van der Waals surface area contributed by atoms with E-state index in [0.29, 0.717) is 0 Å². The lowest BCUT2D eigenvalue weighted by molar-refractivity contribution is 0.249. The van der Waals surface area contributed by atoms with Crippen molar-refractivity contribution < 1.29 is 8.85 Å². The van der Waals surface area contributed by atoms with Crippen LogP contribution in [-0.2, 0) is 8.85 Å². The second-order valence-corrected chi connectivity index (χ2v) is 6.07. The summed E-state index contributed by atoms with van der Waals surface area (Å²) >= 11 is 0. The molecule has 17 heavy (non-hydrogen) atoms. The topological polar surface area (TPSA) is 18.5 Å². The number of hydrogen-bond acceptors (Lipinski definition) is 2. The lowest BCUT2D eigenvalue weighted by Crippen LogP contribution is -2.02. The van der Waals surface area contributed by atoms with Crippen molar-refractivity contribution in [2.75, 3.05) is 13.7 Å². The first-order valence-electron chi connectivity index (χ1n) is 7.48. The van der Waals surface area contributed by atoms with Gasteiger partial charge in [0.25, 0.3) is 0 Å². The first-order valence-corrected chi connectivity index (χ1v) is 8.64. The Morgan fingerprint density at radius 3 is 1.65 bits per heavy atom. The Morgan fingerprint density at radius 2 is 1.18 bits per heavy atom. The lowest BCUT2D eigenvalue weighted by Gasteiger charge is -2.03. The predicted octanol–water partition coefficient (Wildman–Crippen LogP) is 3.96. The first kappa shape index (κ1) is 17.1.